The second-order valence-corrected chi connectivity index (χ2v) is 8.38. The second kappa shape index (κ2) is 6.62. The molecule has 0 amide bonds. The third-order valence-corrected chi connectivity index (χ3v) is 5.28. The van der Waals surface area contributed by atoms with Crippen molar-refractivity contribution in [3.05, 3.63) is 72.6 Å². The van der Waals surface area contributed by atoms with Crippen molar-refractivity contribution in [2.75, 3.05) is 0 Å². The number of nitrogens with zero attached hydrogens (tertiary/aromatic N) is 3. The Morgan fingerprint density at radius 1 is 0.933 bits per heavy atom. The lowest BCUT2D eigenvalue weighted by atomic mass is 9.89. The molecule has 0 saturated heterocycles. The summed E-state index contributed by atoms with van der Waals surface area (Å²) < 4.78 is 6.82. The molecule has 0 spiro atoms. The molecule has 6 nitrogen and oxygen atoms in total. The number of aromatic hydroxyl groups is 1. The summed E-state index contributed by atoms with van der Waals surface area (Å²) in [5.74, 6) is 0.140. The Balaban J connectivity index is 1.78. The first-order valence-electron chi connectivity index (χ1n) is 9.84. The quantitative estimate of drug-likeness (QED) is 0.410. The molecular formula is C24H22N4O2. The van der Waals surface area contributed by atoms with Gasteiger partial charge in [0.15, 0.2) is 0 Å². The van der Waals surface area contributed by atoms with Crippen molar-refractivity contribution in [2.24, 2.45) is 0 Å². The van der Waals surface area contributed by atoms with Gasteiger partial charge in [-0.15, -0.1) is 0 Å². The predicted octanol–water partition coefficient (Wildman–Crippen LogP) is 5.68. The summed E-state index contributed by atoms with van der Waals surface area (Å²) in [5, 5.41) is 23.7. The Kier molecular flexibility index (Phi) is 4.03. The van der Waals surface area contributed by atoms with Crippen LogP contribution in [0.4, 0.5) is 0 Å². The topological polar surface area (TPSA) is 79.9 Å². The molecule has 0 bridgehead atoms. The molecule has 3 aromatic heterocycles. The minimum atomic E-state index is -0.183. The molecule has 5 aromatic rings. The molecule has 3 heterocycles. The van der Waals surface area contributed by atoms with Crippen molar-refractivity contribution in [1.82, 2.24) is 19.9 Å². The van der Waals surface area contributed by atoms with E-state index in [0.29, 0.717) is 5.52 Å². The highest BCUT2D eigenvalue weighted by molar-refractivity contribution is 6.01. The summed E-state index contributed by atoms with van der Waals surface area (Å²) in [4.78, 5) is 0. The number of benzene rings is 2. The number of hydrogen-bond donors (Lipinski definition) is 2. The van der Waals surface area contributed by atoms with Crippen LogP contribution in [0.25, 0.3) is 39.1 Å². The summed E-state index contributed by atoms with van der Waals surface area (Å²) in [5.41, 5.74) is 5.87. The highest BCUT2D eigenvalue weighted by Crippen LogP contribution is 2.43. The molecule has 0 atom stereocenters. The molecule has 6 heteroatoms. The standard InChI is InChI=1S/C24H22N4O2/c1-24(2,3)22-19-20(25-26-22)23(29)28(21(19)16-7-5-4-6-8-16)17-11-9-15(10-12-17)18-13-14-30-27-18/h4-14,25,29H,1-3H3. The van der Waals surface area contributed by atoms with Gasteiger partial charge in [-0.1, -0.05) is 68.4 Å². The Morgan fingerprint density at radius 3 is 2.30 bits per heavy atom. The molecule has 30 heavy (non-hydrogen) atoms. The molecule has 2 aromatic carbocycles. The van der Waals surface area contributed by atoms with Crippen LogP contribution in [0.3, 0.4) is 0 Å². The van der Waals surface area contributed by atoms with Gasteiger partial charge >= 0.3 is 0 Å². The zero-order chi connectivity index (χ0) is 20.9. The van der Waals surface area contributed by atoms with Crippen molar-refractivity contribution < 1.29 is 9.63 Å². The van der Waals surface area contributed by atoms with E-state index >= 15 is 0 Å². The van der Waals surface area contributed by atoms with Gasteiger partial charge in [-0.05, 0) is 17.7 Å². The maximum atomic E-state index is 11.2. The van der Waals surface area contributed by atoms with Gasteiger partial charge in [0, 0.05) is 22.7 Å². The third kappa shape index (κ3) is 2.80. The lowest BCUT2D eigenvalue weighted by molar-refractivity contribution is 0.422. The molecule has 5 rings (SSSR count). The average Bonchev–Trinajstić information content (AvgIpc) is 3.46. The van der Waals surface area contributed by atoms with E-state index in [-0.39, 0.29) is 11.3 Å². The molecule has 0 saturated carbocycles. The van der Waals surface area contributed by atoms with E-state index in [1.807, 2.05) is 65.2 Å². The van der Waals surface area contributed by atoms with Crippen molar-refractivity contribution in [3.8, 4) is 34.1 Å². The van der Waals surface area contributed by atoms with Crippen LogP contribution < -0.4 is 0 Å². The maximum absolute atomic E-state index is 11.2. The van der Waals surface area contributed by atoms with Crippen LogP contribution in [-0.2, 0) is 5.41 Å². The Hall–Kier alpha value is -3.80. The predicted molar refractivity (Wildman–Crippen MR) is 117 cm³/mol. The first kappa shape index (κ1) is 18.2. The van der Waals surface area contributed by atoms with E-state index in [9.17, 15) is 5.11 Å². The molecule has 0 aliphatic heterocycles. The van der Waals surface area contributed by atoms with E-state index in [1.54, 1.807) is 6.26 Å². The highest BCUT2D eigenvalue weighted by atomic mass is 16.5. The van der Waals surface area contributed by atoms with E-state index in [0.717, 1.165) is 39.3 Å². The van der Waals surface area contributed by atoms with Gasteiger partial charge in [0.1, 0.15) is 17.5 Å². The summed E-state index contributed by atoms with van der Waals surface area (Å²) >= 11 is 0. The molecule has 0 unspecified atom stereocenters. The Labute approximate surface area is 173 Å². The molecule has 0 radical (unpaired) electrons. The summed E-state index contributed by atoms with van der Waals surface area (Å²) in [6, 6.07) is 19.8. The number of H-pyrrole nitrogens is 1. The van der Waals surface area contributed by atoms with Crippen molar-refractivity contribution in [3.63, 3.8) is 0 Å². The number of rotatable bonds is 3. The minimum Gasteiger partial charge on any atom is -0.493 e. The van der Waals surface area contributed by atoms with Crippen molar-refractivity contribution >= 4 is 10.9 Å². The van der Waals surface area contributed by atoms with Gasteiger partial charge in [0.2, 0.25) is 5.88 Å². The van der Waals surface area contributed by atoms with Gasteiger partial charge in [-0.25, -0.2) is 0 Å². The van der Waals surface area contributed by atoms with Crippen LogP contribution in [0.15, 0.2) is 71.4 Å². The second-order valence-electron chi connectivity index (χ2n) is 8.38. The molecular weight excluding hydrogens is 376 g/mol. The number of aromatic nitrogens is 4. The number of aromatic amines is 1. The molecule has 2 N–H and O–H groups in total. The van der Waals surface area contributed by atoms with Gasteiger partial charge in [-0.2, -0.15) is 5.10 Å². The lowest BCUT2D eigenvalue weighted by Gasteiger charge is -2.17. The summed E-state index contributed by atoms with van der Waals surface area (Å²) in [6.45, 7) is 6.37. The molecule has 0 aliphatic rings. The summed E-state index contributed by atoms with van der Waals surface area (Å²) in [6.07, 6.45) is 1.55. The molecule has 0 fully saturated rings. The number of nitrogens with one attached hydrogen (secondary N) is 1. The van der Waals surface area contributed by atoms with Gasteiger partial charge in [0.05, 0.1) is 16.8 Å². The SMILES string of the molecule is CC(C)(C)c1n[nH]c2c(O)n(-c3ccc(-c4ccon4)cc3)c(-c3ccccc3)c12. The fourth-order valence-corrected chi connectivity index (χ4v) is 3.87. The van der Waals surface area contributed by atoms with Crippen molar-refractivity contribution in [1.29, 1.82) is 0 Å². The minimum absolute atomic E-state index is 0.140. The largest absolute Gasteiger partial charge is 0.493 e. The van der Waals surface area contributed by atoms with Gasteiger partial charge in [-0.3, -0.25) is 9.67 Å². The zero-order valence-electron chi connectivity index (χ0n) is 17.0. The first-order valence-corrected chi connectivity index (χ1v) is 9.84. The van der Waals surface area contributed by atoms with Crippen LogP contribution in [0.2, 0.25) is 0 Å². The van der Waals surface area contributed by atoms with Crippen LogP contribution in [0.1, 0.15) is 26.5 Å². The van der Waals surface area contributed by atoms with E-state index in [4.69, 9.17) is 4.52 Å². The zero-order valence-corrected chi connectivity index (χ0v) is 17.0. The third-order valence-electron chi connectivity index (χ3n) is 5.28. The fourth-order valence-electron chi connectivity index (χ4n) is 3.87. The number of fused-ring (bicyclic) bond motifs is 1. The Bertz CT molecular complexity index is 1310. The molecule has 150 valence electrons. The molecule has 0 aliphatic carbocycles. The maximum Gasteiger partial charge on any atom is 0.222 e. The monoisotopic (exact) mass is 398 g/mol. The Morgan fingerprint density at radius 2 is 1.67 bits per heavy atom. The van der Waals surface area contributed by atoms with Crippen LogP contribution in [0.5, 0.6) is 5.88 Å². The van der Waals surface area contributed by atoms with E-state index in [2.05, 4.69) is 36.1 Å². The van der Waals surface area contributed by atoms with Crippen molar-refractivity contribution in [2.45, 2.75) is 26.2 Å². The highest BCUT2D eigenvalue weighted by Gasteiger charge is 2.29. The lowest BCUT2D eigenvalue weighted by Crippen LogP contribution is -2.12. The average molecular weight is 398 g/mol. The van der Waals surface area contributed by atoms with E-state index in [1.165, 1.54) is 0 Å². The van der Waals surface area contributed by atoms with Gasteiger partial charge in [0.25, 0.3) is 0 Å². The number of hydrogen-bond acceptors (Lipinski definition) is 4. The van der Waals surface area contributed by atoms with E-state index < -0.39 is 0 Å². The summed E-state index contributed by atoms with van der Waals surface area (Å²) in [7, 11) is 0. The van der Waals surface area contributed by atoms with Gasteiger partial charge < -0.3 is 9.63 Å². The normalized spacial score (nSPS) is 12.0. The van der Waals surface area contributed by atoms with Crippen LogP contribution in [-0.4, -0.2) is 25.0 Å². The van der Waals surface area contributed by atoms with Crippen LogP contribution >= 0.6 is 0 Å². The fraction of sp³-hybridized carbons (Fsp3) is 0.167. The van der Waals surface area contributed by atoms with Crippen LogP contribution in [0, 0.1) is 0 Å². The smallest absolute Gasteiger partial charge is 0.222 e. The first-order chi connectivity index (χ1) is 14.4.